The fourth-order valence-corrected chi connectivity index (χ4v) is 2.73. The Labute approximate surface area is 132 Å². The van der Waals surface area contributed by atoms with Crippen LogP contribution in [0.15, 0.2) is 24.3 Å². The lowest BCUT2D eigenvalue weighted by molar-refractivity contribution is 0.124. The van der Waals surface area contributed by atoms with Crippen molar-refractivity contribution in [3.8, 4) is 5.75 Å². The minimum absolute atomic E-state index is 0.124. The molecule has 0 aliphatic carbocycles. The van der Waals surface area contributed by atoms with Gasteiger partial charge >= 0.3 is 7.82 Å². The van der Waals surface area contributed by atoms with Gasteiger partial charge in [-0.15, -0.1) is 0 Å². The number of hydrogen-bond acceptors (Lipinski definition) is 7. The molecule has 7 nitrogen and oxygen atoms in total. The molecule has 22 heavy (non-hydrogen) atoms. The Balaban J connectivity index is 2.66. The van der Waals surface area contributed by atoms with Gasteiger partial charge in [-0.2, -0.15) is 0 Å². The Morgan fingerprint density at radius 2 is 1.82 bits per heavy atom. The average Bonchev–Trinajstić information content (AvgIpc) is 2.50. The summed E-state index contributed by atoms with van der Waals surface area (Å²) in [5.74, 6) is 5.40. The molecule has 0 saturated heterocycles. The number of phosphoric acid groups is 1. The molecule has 0 aliphatic rings. The molecule has 1 atom stereocenters. The summed E-state index contributed by atoms with van der Waals surface area (Å²) in [4.78, 5) is 4.54. The first-order valence-corrected chi connectivity index (χ1v) is 8.58. The highest BCUT2D eigenvalue weighted by Crippen LogP contribution is 2.49. The molecule has 0 saturated carbocycles. The van der Waals surface area contributed by atoms with E-state index in [1.165, 1.54) is 8.05 Å². The quantitative estimate of drug-likeness (QED) is 0.271. The summed E-state index contributed by atoms with van der Waals surface area (Å²) in [5.41, 5.74) is 0.872. The number of hydrogen-bond donors (Lipinski definition) is 1. The van der Waals surface area contributed by atoms with Gasteiger partial charge in [0, 0.05) is 0 Å². The third-order valence-electron chi connectivity index (χ3n) is 2.67. The minimum atomic E-state index is -3.67. The molecule has 0 aromatic heterocycles. The highest BCUT2D eigenvalue weighted by atomic mass is 31.2. The summed E-state index contributed by atoms with van der Waals surface area (Å²) in [6, 6.07) is 6.83. The number of unbranched alkanes of at least 4 members (excludes halogenated alkanes) is 1. The normalized spacial score (nSPS) is 13.7. The fraction of sp³-hybridized carbons (Fsp3) is 0.538. The van der Waals surface area contributed by atoms with Crippen molar-refractivity contribution in [1.29, 1.82) is 0 Å². The van der Waals surface area contributed by atoms with Crippen molar-refractivity contribution < 1.29 is 27.6 Å². The van der Waals surface area contributed by atoms with E-state index in [-0.39, 0.29) is 13.2 Å². The van der Waals surface area contributed by atoms with Crippen LogP contribution in [0.1, 0.15) is 25.3 Å². The largest absolute Gasteiger partial charge is 0.530 e. The van der Waals surface area contributed by atoms with E-state index in [4.69, 9.17) is 24.1 Å². The Morgan fingerprint density at radius 1 is 1.14 bits per heavy atom. The van der Waals surface area contributed by atoms with E-state index >= 15 is 0 Å². The van der Waals surface area contributed by atoms with Crippen molar-refractivity contribution in [2.45, 2.75) is 26.4 Å². The maximum Gasteiger partial charge on any atom is 0.530 e. The van der Waals surface area contributed by atoms with Crippen LogP contribution in [0, 0.1) is 0 Å². The van der Waals surface area contributed by atoms with E-state index in [1.807, 2.05) is 6.92 Å². The second-order valence-corrected chi connectivity index (χ2v) is 6.10. The summed E-state index contributed by atoms with van der Waals surface area (Å²) in [5, 5.41) is 0. The zero-order valence-electron chi connectivity index (χ0n) is 13.0. The van der Waals surface area contributed by atoms with Crippen LogP contribution in [0.2, 0.25) is 0 Å². The van der Waals surface area contributed by atoms with Gasteiger partial charge < -0.3 is 9.18 Å². The summed E-state index contributed by atoms with van der Waals surface area (Å²) < 4.78 is 33.4. The monoisotopic (exact) mass is 331 g/mol. The van der Waals surface area contributed by atoms with Crippen LogP contribution in [0.3, 0.4) is 0 Å². The predicted octanol–water partition coefficient (Wildman–Crippen LogP) is 1.96. The molecule has 0 spiro atoms. The first kappa shape index (κ1) is 19.2. The van der Waals surface area contributed by atoms with Crippen molar-refractivity contribution in [3.05, 3.63) is 29.8 Å². The van der Waals surface area contributed by atoms with Gasteiger partial charge in [-0.3, -0.25) is 13.9 Å². The van der Waals surface area contributed by atoms with E-state index in [0.29, 0.717) is 19.0 Å². The lowest BCUT2D eigenvalue weighted by atomic mass is 10.2. The lowest BCUT2D eigenvalue weighted by Gasteiger charge is -2.18. The van der Waals surface area contributed by atoms with Gasteiger partial charge in [-0.25, -0.2) is 10.5 Å². The molecule has 1 aromatic carbocycles. The maximum atomic E-state index is 12.6. The van der Waals surface area contributed by atoms with Crippen molar-refractivity contribution in [2.24, 2.45) is 5.90 Å². The van der Waals surface area contributed by atoms with Gasteiger partial charge in [0.25, 0.3) is 8.05 Å². The summed E-state index contributed by atoms with van der Waals surface area (Å²) in [7, 11) is -2.13. The average molecular weight is 331 g/mol. The first-order valence-electron chi connectivity index (χ1n) is 7.12. The summed E-state index contributed by atoms with van der Waals surface area (Å²) in [6.45, 7) is 3.03. The molecule has 9 heteroatoms. The molecule has 2 N–H and O–H groups in total. The Morgan fingerprint density at radius 3 is 2.41 bits per heavy atom. The molecule has 124 valence electrons. The molecule has 1 unspecified atom stereocenters. The number of phosphoric ester groups is 1. The lowest BCUT2D eigenvalue weighted by Crippen LogP contribution is -2.08. The zero-order valence-corrected chi connectivity index (χ0v) is 13.9. The molecule has 1 rings (SSSR count). The zero-order chi connectivity index (χ0) is 16.3. The maximum absolute atomic E-state index is 12.6. The van der Waals surface area contributed by atoms with Crippen LogP contribution >= 0.6 is 7.82 Å². The van der Waals surface area contributed by atoms with E-state index in [2.05, 4.69) is 4.84 Å². The van der Waals surface area contributed by atoms with Gasteiger partial charge in [0.1, 0.15) is 5.75 Å². The molecule has 0 radical (unpaired) electrons. The highest BCUT2D eigenvalue weighted by Gasteiger charge is 2.28. The molecule has 0 amide bonds. The van der Waals surface area contributed by atoms with E-state index in [9.17, 15) is 4.57 Å². The number of nitrogens with two attached hydrogens (primary N) is 1. The topological polar surface area (TPSA) is 89.2 Å². The van der Waals surface area contributed by atoms with E-state index in [1.54, 1.807) is 24.3 Å². The van der Waals surface area contributed by atoms with Crippen molar-refractivity contribution in [2.75, 3.05) is 19.8 Å². The van der Waals surface area contributed by atoms with Crippen LogP contribution in [0.25, 0.3) is 0 Å². The summed E-state index contributed by atoms with van der Waals surface area (Å²) in [6.07, 6.45) is 1.69. The summed E-state index contributed by atoms with van der Waals surface area (Å²) >= 11 is 0. The minimum Gasteiger partial charge on any atom is -0.442 e. The van der Waals surface area contributed by atoms with Gasteiger partial charge in [-0.05, 0) is 24.1 Å². The molecule has 0 bridgehead atoms. The molecule has 0 heterocycles. The van der Waals surface area contributed by atoms with Gasteiger partial charge in [0.15, 0.2) is 0 Å². The fourth-order valence-electron chi connectivity index (χ4n) is 1.51. The molecule has 0 aliphatic heterocycles. The van der Waals surface area contributed by atoms with Crippen LogP contribution in [0.4, 0.5) is 0 Å². The van der Waals surface area contributed by atoms with Crippen LogP contribution in [0.5, 0.6) is 5.75 Å². The van der Waals surface area contributed by atoms with E-state index in [0.717, 1.165) is 18.4 Å². The Hall–Kier alpha value is -0.885. The van der Waals surface area contributed by atoms with Gasteiger partial charge in [0.05, 0.1) is 26.4 Å². The third-order valence-corrected chi connectivity index (χ3v) is 4.11. The molecule has 0 fully saturated rings. The van der Waals surface area contributed by atoms with E-state index < -0.39 is 7.82 Å². The second-order valence-electron chi connectivity index (χ2n) is 4.51. The van der Waals surface area contributed by atoms with Crippen LogP contribution < -0.4 is 10.4 Å². The third kappa shape index (κ3) is 7.40. The molecular formula is C13H23BNO6P. The Bertz CT molecular complexity index is 444. The number of rotatable bonds is 12. The highest BCUT2D eigenvalue weighted by molar-refractivity contribution is 7.48. The van der Waals surface area contributed by atoms with Crippen molar-refractivity contribution in [1.82, 2.24) is 0 Å². The standard InChI is InChI=1S/C13H23BNO6P/c1-2-3-8-19-22(16,20-10-9-17-14)21-13-6-4-12(5-7-13)11-18-15/h4-7H,2-3,8-11,14-15H2,1H3. The van der Waals surface area contributed by atoms with Gasteiger partial charge in [0.2, 0.25) is 0 Å². The van der Waals surface area contributed by atoms with Gasteiger partial charge in [-0.1, -0.05) is 25.5 Å². The molecule has 1 aromatic rings. The smallest absolute Gasteiger partial charge is 0.442 e. The van der Waals surface area contributed by atoms with Crippen LogP contribution in [-0.4, -0.2) is 27.9 Å². The first-order chi connectivity index (χ1) is 10.6. The van der Waals surface area contributed by atoms with Crippen molar-refractivity contribution in [3.63, 3.8) is 0 Å². The second kappa shape index (κ2) is 10.8. The SMILES string of the molecule is BOCCOP(=O)(OCCCC)Oc1ccc(CON)cc1. The molecular weight excluding hydrogens is 308 g/mol. The predicted molar refractivity (Wildman–Crippen MR) is 85.0 cm³/mol. The van der Waals surface area contributed by atoms with Crippen LogP contribution in [-0.2, 0) is 29.7 Å². The number of benzene rings is 1. The van der Waals surface area contributed by atoms with Crippen molar-refractivity contribution >= 4 is 15.9 Å². The Kier molecular flexibility index (Phi) is 9.39.